The molecule has 2 N–H and O–H groups in total. The SMILES string of the molecule is CNc1ccc(CN2CCCC(c3cn[nH]c3)C2)cc1[N+](=O)[O-]. The molecule has 0 aliphatic carbocycles. The summed E-state index contributed by atoms with van der Waals surface area (Å²) in [4.78, 5) is 13.2. The van der Waals surface area contributed by atoms with Gasteiger partial charge in [0.05, 0.1) is 11.1 Å². The zero-order valence-corrected chi connectivity index (χ0v) is 13.2. The van der Waals surface area contributed by atoms with Gasteiger partial charge in [0, 0.05) is 32.4 Å². The monoisotopic (exact) mass is 315 g/mol. The molecule has 23 heavy (non-hydrogen) atoms. The van der Waals surface area contributed by atoms with Gasteiger partial charge in [-0.1, -0.05) is 6.07 Å². The zero-order valence-electron chi connectivity index (χ0n) is 13.2. The lowest BCUT2D eigenvalue weighted by molar-refractivity contribution is -0.384. The van der Waals surface area contributed by atoms with Crippen LogP contribution in [0, 0.1) is 10.1 Å². The molecule has 7 heteroatoms. The fourth-order valence-electron chi connectivity index (χ4n) is 3.25. The number of nitrogens with one attached hydrogen (secondary N) is 2. The molecule has 3 rings (SSSR count). The van der Waals surface area contributed by atoms with Gasteiger partial charge in [0.1, 0.15) is 5.69 Å². The summed E-state index contributed by atoms with van der Waals surface area (Å²) in [6, 6.07) is 5.42. The summed E-state index contributed by atoms with van der Waals surface area (Å²) in [5.41, 5.74) is 2.90. The Labute approximate surface area is 134 Å². The summed E-state index contributed by atoms with van der Waals surface area (Å²) in [6.45, 7) is 2.72. The maximum atomic E-state index is 11.2. The van der Waals surface area contributed by atoms with Crippen molar-refractivity contribution < 1.29 is 4.92 Å². The van der Waals surface area contributed by atoms with Gasteiger partial charge in [0.15, 0.2) is 0 Å². The summed E-state index contributed by atoms with van der Waals surface area (Å²) < 4.78 is 0. The smallest absolute Gasteiger partial charge is 0.292 e. The van der Waals surface area contributed by atoms with Crippen LogP contribution in [-0.2, 0) is 6.54 Å². The van der Waals surface area contributed by atoms with Crippen molar-refractivity contribution in [1.29, 1.82) is 0 Å². The highest BCUT2D eigenvalue weighted by molar-refractivity contribution is 5.62. The first kappa shape index (κ1) is 15.5. The number of anilines is 1. The molecule has 2 aromatic rings. The minimum absolute atomic E-state index is 0.133. The van der Waals surface area contributed by atoms with E-state index in [1.165, 1.54) is 5.56 Å². The number of piperidine rings is 1. The molecule has 122 valence electrons. The number of aromatic nitrogens is 2. The van der Waals surface area contributed by atoms with Gasteiger partial charge in [-0.15, -0.1) is 0 Å². The molecule has 1 saturated heterocycles. The first-order valence-electron chi connectivity index (χ1n) is 7.83. The van der Waals surface area contributed by atoms with Crippen molar-refractivity contribution in [2.75, 3.05) is 25.5 Å². The Morgan fingerprint density at radius 1 is 1.52 bits per heavy atom. The Morgan fingerprint density at radius 2 is 2.39 bits per heavy atom. The van der Waals surface area contributed by atoms with Crippen LogP contribution in [0.15, 0.2) is 30.6 Å². The van der Waals surface area contributed by atoms with Crippen LogP contribution in [0.1, 0.15) is 29.9 Å². The molecule has 1 aliphatic rings. The van der Waals surface area contributed by atoms with E-state index in [0.717, 1.165) is 38.0 Å². The summed E-state index contributed by atoms with van der Waals surface area (Å²) >= 11 is 0. The quantitative estimate of drug-likeness (QED) is 0.654. The number of hydrogen-bond donors (Lipinski definition) is 2. The van der Waals surface area contributed by atoms with E-state index in [2.05, 4.69) is 20.4 Å². The van der Waals surface area contributed by atoms with Crippen molar-refractivity contribution in [2.45, 2.75) is 25.3 Å². The fourth-order valence-corrected chi connectivity index (χ4v) is 3.25. The molecule has 1 aliphatic heterocycles. The second-order valence-electron chi connectivity index (χ2n) is 5.96. The molecular weight excluding hydrogens is 294 g/mol. The highest BCUT2D eigenvalue weighted by Gasteiger charge is 2.23. The molecule has 1 unspecified atom stereocenters. The van der Waals surface area contributed by atoms with Gasteiger partial charge in [-0.05, 0) is 42.5 Å². The van der Waals surface area contributed by atoms with Crippen LogP contribution in [0.3, 0.4) is 0 Å². The number of H-pyrrole nitrogens is 1. The third kappa shape index (κ3) is 3.50. The predicted molar refractivity (Wildman–Crippen MR) is 88.5 cm³/mol. The number of nitrogens with zero attached hydrogens (tertiary/aromatic N) is 3. The van der Waals surface area contributed by atoms with E-state index in [-0.39, 0.29) is 10.6 Å². The minimum Gasteiger partial charge on any atom is -0.383 e. The number of hydrogen-bond acceptors (Lipinski definition) is 5. The summed E-state index contributed by atoms with van der Waals surface area (Å²) in [6.07, 6.45) is 6.14. The average Bonchev–Trinajstić information content (AvgIpc) is 3.09. The zero-order chi connectivity index (χ0) is 16.2. The predicted octanol–water partition coefficient (Wildman–Crippen LogP) is 2.74. The molecule has 2 heterocycles. The van der Waals surface area contributed by atoms with Crippen LogP contribution in [0.5, 0.6) is 0 Å². The Balaban J connectivity index is 1.71. The molecule has 0 bridgehead atoms. The second kappa shape index (κ2) is 6.78. The Hall–Kier alpha value is -2.41. The average molecular weight is 315 g/mol. The Kier molecular flexibility index (Phi) is 4.57. The molecule has 0 amide bonds. The third-order valence-electron chi connectivity index (χ3n) is 4.43. The largest absolute Gasteiger partial charge is 0.383 e. The highest BCUT2D eigenvalue weighted by Crippen LogP contribution is 2.29. The summed E-state index contributed by atoms with van der Waals surface area (Å²) in [7, 11) is 1.70. The summed E-state index contributed by atoms with van der Waals surface area (Å²) in [5.74, 6) is 0.481. The lowest BCUT2D eigenvalue weighted by atomic mass is 9.92. The van der Waals surface area contributed by atoms with Gasteiger partial charge in [-0.3, -0.25) is 20.1 Å². The molecule has 1 aromatic carbocycles. The molecule has 1 aromatic heterocycles. The number of benzene rings is 1. The number of rotatable bonds is 5. The third-order valence-corrected chi connectivity index (χ3v) is 4.43. The molecule has 1 atom stereocenters. The van der Waals surface area contributed by atoms with Crippen LogP contribution < -0.4 is 5.32 Å². The first-order valence-corrected chi connectivity index (χ1v) is 7.83. The van der Waals surface area contributed by atoms with E-state index < -0.39 is 0 Å². The fraction of sp³-hybridized carbons (Fsp3) is 0.438. The molecule has 0 spiro atoms. The van der Waals surface area contributed by atoms with Crippen molar-refractivity contribution >= 4 is 11.4 Å². The Bertz CT molecular complexity index is 671. The van der Waals surface area contributed by atoms with Gasteiger partial charge >= 0.3 is 0 Å². The van der Waals surface area contributed by atoms with Crippen molar-refractivity contribution in [2.24, 2.45) is 0 Å². The molecular formula is C16H21N5O2. The van der Waals surface area contributed by atoms with E-state index in [4.69, 9.17) is 0 Å². The highest BCUT2D eigenvalue weighted by atomic mass is 16.6. The first-order chi connectivity index (χ1) is 11.2. The van der Waals surface area contributed by atoms with E-state index in [1.807, 2.05) is 18.5 Å². The van der Waals surface area contributed by atoms with Crippen molar-refractivity contribution in [3.63, 3.8) is 0 Å². The lowest BCUT2D eigenvalue weighted by Crippen LogP contribution is -2.33. The molecule has 1 fully saturated rings. The van der Waals surface area contributed by atoms with Crippen molar-refractivity contribution in [3.05, 3.63) is 51.8 Å². The van der Waals surface area contributed by atoms with E-state index in [0.29, 0.717) is 11.6 Å². The van der Waals surface area contributed by atoms with Crippen LogP contribution >= 0.6 is 0 Å². The van der Waals surface area contributed by atoms with E-state index >= 15 is 0 Å². The number of likely N-dealkylation sites (tertiary alicyclic amines) is 1. The van der Waals surface area contributed by atoms with Gasteiger partial charge in [-0.25, -0.2) is 0 Å². The maximum Gasteiger partial charge on any atom is 0.292 e. The van der Waals surface area contributed by atoms with Crippen LogP contribution in [0.4, 0.5) is 11.4 Å². The number of aromatic amines is 1. The van der Waals surface area contributed by atoms with Gasteiger partial charge in [0.25, 0.3) is 5.69 Å². The second-order valence-corrected chi connectivity index (χ2v) is 5.96. The molecule has 7 nitrogen and oxygen atoms in total. The summed E-state index contributed by atoms with van der Waals surface area (Å²) in [5, 5.41) is 20.9. The van der Waals surface area contributed by atoms with Crippen molar-refractivity contribution in [3.8, 4) is 0 Å². The number of nitro groups is 1. The normalized spacial score (nSPS) is 18.7. The minimum atomic E-state index is -0.334. The van der Waals surface area contributed by atoms with Crippen LogP contribution in [0.2, 0.25) is 0 Å². The topological polar surface area (TPSA) is 87.1 Å². The van der Waals surface area contributed by atoms with Crippen LogP contribution in [-0.4, -0.2) is 40.2 Å². The van der Waals surface area contributed by atoms with Gasteiger partial charge in [0.2, 0.25) is 0 Å². The van der Waals surface area contributed by atoms with E-state index in [1.54, 1.807) is 19.2 Å². The Morgan fingerprint density at radius 3 is 3.09 bits per heavy atom. The lowest BCUT2D eigenvalue weighted by Gasteiger charge is -2.32. The van der Waals surface area contributed by atoms with Gasteiger partial charge in [-0.2, -0.15) is 5.10 Å². The van der Waals surface area contributed by atoms with Gasteiger partial charge < -0.3 is 5.32 Å². The standard InChI is InChI=1S/C16H21N5O2/c1-17-15-5-4-12(7-16(15)21(22)23)10-20-6-2-3-13(11-20)14-8-18-19-9-14/h4-5,7-9,13,17H,2-3,6,10-11H2,1H3,(H,18,19). The van der Waals surface area contributed by atoms with Crippen LogP contribution in [0.25, 0.3) is 0 Å². The number of nitro benzene ring substituents is 1. The van der Waals surface area contributed by atoms with Crippen molar-refractivity contribution in [1.82, 2.24) is 15.1 Å². The van der Waals surface area contributed by atoms with E-state index in [9.17, 15) is 10.1 Å². The maximum absolute atomic E-state index is 11.2. The molecule has 0 saturated carbocycles. The molecule has 0 radical (unpaired) electrons.